The van der Waals surface area contributed by atoms with E-state index in [9.17, 15) is 0 Å². The van der Waals surface area contributed by atoms with E-state index in [1.165, 1.54) is 5.56 Å². The number of nitrogens with two attached hydrogens (primary N) is 1. The van der Waals surface area contributed by atoms with Crippen molar-refractivity contribution < 1.29 is 0 Å². The molecule has 1 aromatic rings. The summed E-state index contributed by atoms with van der Waals surface area (Å²) in [5.74, 6) is 5.90. The summed E-state index contributed by atoms with van der Waals surface area (Å²) >= 11 is 0. The molecule has 0 bridgehead atoms. The van der Waals surface area contributed by atoms with Crippen LogP contribution in [0.1, 0.15) is 11.3 Å². The lowest BCUT2D eigenvalue weighted by atomic mass is 10.2. The molecule has 0 aromatic carbocycles. The van der Waals surface area contributed by atoms with Crippen LogP contribution in [0.15, 0.2) is 12.1 Å². The van der Waals surface area contributed by atoms with Crippen LogP contribution in [0, 0.1) is 13.8 Å². The number of pyridine rings is 1. The molecular weight excluding hydrogens is 197 g/mol. The van der Waals surface area contributed by atoms with E-state index in [0.29, 0.717) is 0 Å². The Labute approximate surface area is 84.5 Å². The molecule has 0 atom stereocenters. The predicted octanol–water partition coefficient (Wildman–Crippen LogP) is 1.83. The van der Waals surface area contributed by atoms with E-state index in [-0.39, 0.29) is 24.8 Å². The highest BCUT2D eigenvalue weighted by Crippen LogP contribution is 2.06. The minimum atomic E-state index is 0. The van der Waals surface area contributed by atoms with Crippen molar-refractivity contribution >= 4 is 30.6 Å². The van der Waals surface area contributed by atoms with E-state index >= 15 is 0 Å². The normalized spacial score (nSPS) is 7.92. The number of nitrogen functional groups attached to an aromatic ring is 1. The maximum Gasteiger partial charge on any atom is 0.140 e. The van der Waals surface area contributed by atoms with Crippen molar-refractivity contribution in [3.05, 3.63) is 23.4 Å². The van der Waals surface area contributed by atoms with Crippen molar-refractivity contribution in [2.75, 3.05) is 5.43 Å². The molecule has 0 saturated carbocycles. The molecular formula is C7H13Cl2N3. The maximum atomic E-state index is 5.18. The van der Waals surface area contributed by atoms with Crippen molar-refractivity contribution in [1.29, 1.82) is 0 Å². The SMILES string of the molecule is Cc1cc(C)nc(NN)c1.Cl.Cl. The highest BCUT2D eigenvalue weighted by molar-refractivity contribution is 5.85. The fourth-order valence-electron chi connectivity index (χ4n) is 0.915. The zero-order valence-electron chi connectivity index (χ0n) is 7.00. The first kappa shape index (κ1) is 14.0. The number of aromatic nitrogens is 1. The Morgan fingerprint density at radius 1 is 1.25 bits per heavy atom. The van der Waals surface area contributed by atoms with Crippen LogP contribution in [0.4, 0.5) is 5.82 Å². The zero-order valence-corrected chi connectivity index (χ0v) is 8.63. The highest BCUT2D eigenvalue weighted by atomic mass is 35.5. The summed E-state index contributed by atoms with van der Waals surface area (Å²) in [6.45, 7) is 3.95. The van der Waals surface area contributed by atoms with Crippen molar-refractivity contribution in [3.63, 3.8) is 0 Å². The Kier molecular flexibility index (Phi) is 7.09. The van der Waals surface area contributed by atoms with E-state index < -0.39 is 0 Å². The molecule has 0 fully saturated rings. The number of hydrogen-bond donors (Lipinski definition) is 2. The second kappa shape index (κ2) is 6.06. The van der Waals surface area contributed by atoms with Crippen molar-refractivity contribution in [1.82, 2.24) is 4.98 Å². The molecule has 1 heterocycles. The summed E-state index contributed by atoms with van der Waals surface area (Å²) in [7, 11) is 0. The van der Waals surface area contributed by atoms with Crippen LogP contribution in [-0.4, -0.2) is 4.98 Å². The van der Waals surface area contributed by atoms with Crippen LogP contribution in [-0.2, 0) is 0 Å². The number of anilines is 1. The number of aryl methyl sites for hydroxylation is 2. The molecule has 3 N–H and O–H groups in total. The molecule has 0 aliphatic carbocycles. The first-order valence-corrected chi connectivity index (χ1v) is 3.14. The van der Waals surface area contributed by atoms with Gasteiger partial charge < -0.3 is 5.43 Å². The van der Waals surface area contributed by atoms with Crippen LogP contribution in [0.25, 0.3) is 0 Å². The van der Waals surface area contributed by atoms with Gasteiger partial charge in [0.15, 0.2) is 0 Å². The molecule has 12 heavy (non-hydrogen) atoms. The second-order valence-corrected chi connectivity index (χ2v) is 2.32. The van der Waals surface area contributed by atoms with Crippen LogP contribution in [0.3, 0.4) is 0 Å². The van der Waals surface area contributed by atoms with E-state index in [0.717, 1.165) is 11.5 Å². The molecule has 5 heteroatoms. The summed E-state index contributed by atoms with van der Waals surface area (Å²) in [5.41, 5.74) is 4.64. The molecule has 0 amide bonds. The van der Waals surface area contributed by atoms with Crippen LogP contribution >= 0.6 is 24.8 Å². The number of nitrogens with one attached hydrogen (secondary N) is 1. The number of halogens is 2. The largest absolute Gasteiger partial charge is 0.308 e. The summed E-state index contributed by atoms with van der Waals surface area (Å²) < 4.78 is 0. The molecule has 3 nitrogen and oxygen atoms in total. The van der Waals surface area contributed by atoms with Gasteiger partial charge in [-0.15, -0.1) is 24.8 Å². The average Bonchev–Trinajstić information content (AvgIpc) is 1.85. The summed E-state index contributed by atoms with van der Waals surface area (Å²) in [6.07, 6.45) is 0. The lowest BCUT2D eigenvalue weighted by Crippen LogP contribution is -2.08. The molecule has 0 aliphatic rings. The van der Waals surface area contributed by atoms with E-state index in [4.69, 9.17) is 5.84 Å². The van der Waals surface area contributed by atoms with Crippen LogP contribution in [0.2, 0.25) is 0 Å². The molecule has 0 radical (unpaired) electrons. The van der Waals surface area contributed by atoms with Gasteiger partial charge >= 0.3 is 0 Å². The Balaban J connectivity index is 0. The fourth-order valence-corrected chi connectivity index (χ4v) is 0.915. The minimum absolute atomic E-state index is 0. The lowest BCUT2D eigenvalue weighted by molar-refractivity contribution is 1.14. The van der Waals surface area contributed by atoms with Gasteiger partial charge in [0.2, 0.25) is 0 Å². The molecule has 0 saturated heterocycles. The first-order valence-electron chi connectivity index (χ1n) is 3.14. The third-order valence-corrected chi connectivity index (χ3v) is 1.25. The van der Waals surface area contributed by atoms with Gasteiger partial charge in [-0.25, -0.2) is 10.8 Å². The zero-order chi connectivity index (χ0) is 7.56. The smallest absolute Gasteiger partial charge is 0.140 e. The average molecular weight is 210 g/mol. The Bertz CT molecular complexity index is 220. The van der Waals surface area contributed by atoms with Gasteiger partial charge in [0, 0.05) is 5.69 Å². The number of hydrazine groups is 1. The molecule has 0 spiro atoms. The van der Waals surface area contributed by atoms with Gasteiger partial charge in [0.1, 0.15) is 5.82 Å². The third kappa shape index (κ3) is 3.76. The van der Waals surface area contributed by atoms with Crippen molar-refractivity contribution in [2.24, 2.45) is 5.84 Å². The molecule has 0 aliphatic heterocycles. The molecule has 1 aromatic heterocycles. The summed E-state index contributed by atoms with van der Waals surface area (Å²) in [4.78, 5) is 4.12. The lowest BCUT2D eigenvalue weighted by Gasteiger charge is -2.00. The highest BCUT2D eigenvalue weighted by Gasteiger charge is 1.92. The fraction of sp³-hybridized carbons (Fsp3) is 0.286. The third-order valence-electron chi connectivity index (χ3n) is 1.25. The Hall–Kier alpha value is -0.510. The van der Waals surface area contributed by atoms with Gasteiger partial charge in [-0.05, 0) is 31.5 Å². The van der Waals surface area contributed by atoms with Crippen LogP contribution < -0.4 is 11.3 Å². The van der Waals surface area contributed by atoms with E-state index in [1.54, 1.807) is 0 Å². The van der Waals surface area contributed by atoms with Gasteiger partial charge in [-0.1, -0.05) is 0 Å². The predicted molar refractivity (Wildman–Crippen MR) is 56.0 cm³/mol. The molecule has 70 valence electrons. The maximum absolute atomic E-state index is 5.18. The monoisotopic (exact) mass is 209 g/mol. The van der Waals surface area contributed by atoms with Gasteiger partial charge in [-0.3, -0.25) is 0 Å². The summed E-state index contributed by atoms with van der Waals surface area (Å²) in [5, 5.41) is 0. The number of nitrogens with zero attached hydrogens (tertiary/aromatic N) is 1. The van der Waals surface area contributed by atoms with Gasteiger partial charge in [0.25, 0.3) is 0 Å². The molecule has 1 rings (SSSR count). The van der Waals surface area contributed by atoms with Crippen LogP contribution in [0.5, 0.6) is 0 Å². The minimum Gasteiger partial charge on any atom is -0.308 e. The first-order chi connectivity index (χ1) is 4.72. The quantitative estimate of drug-likeness (QED) is 0.549. The van der Waals surface area contributed by atoms with Crippen molar-refractivity contribution in [3.8, 4) is 0 Å². The van der Waals surface area contributed by atoms with Crippen molar-refractivity contribution in [2.45, 2.75) is 13.8 Å². The Morgan fingerprint density at radius 3 is 2.25 bits per heavy atom. The van der Waals surface area contributed by atoms with E-state index in [1.807, 2.05) is 26.0 Å². The van der Waals surface area contributed by atoms with E-state index in [2.05, 4.69) is 10.4 Å². The Morgan fingerprint density at radius 2 is 1.83 bits per heavy atom. The standard InChI is InChI=1S/C7H11N3.2ClH/c1-5-3-6(2)9-7(4-5)10-8;;/h3-4H,8H2,1-2H3,(H,9,10);2*1H. The summed E-state index contributed by atoms with van der Waals surface area (Å²) in [6, 6.07) is 3.90. The number of rotatable bonds is 1. The molecule has 0 unspecified atom stereocenters. The topological polar surface area (TPSA) is 50.9 Å². The second-order valence-electron chi connectivity index (χ2n) is 2.32. The number of hydrogen-bond acceptors (Lipinski definition) is 3. The van der Waals surface area contributed by atoms with Gasteiger partial charge in [-0.2, -0.15) is 0 Å². The van der Waals surface area contributed by atoms with Gasteiger partial charge in [0.05, 0.1) is 0 Å².